The second-order valence-electron chi connectivity index (χ2n) is 7.24. The van der Waals surface area contributed by atoms with Crippen LogP contribution < -0.4 is 11.2 Å². The van der Waals surface area contributed by atoms with Gasteiger partial charge in [-0.2, -0.15) is 0 Å². The summed E-state index contributed by atoms with van der Waals surface area (Å²) in [6, 6.07) is 20.0. The number of fused-ring (bicyclic) bond motifs is 3. The molecule has 0 saturated carbocycles. The number of rotatable bonds is 4. The van der Waals surface area contributed by atoms with Crippen molar-refractivity contribution in [3.63, 3.8) is 0 Å². The molecule has 0 amide bonds. The van der Waals surface area contributed by atoms with Gasteiger partial charge in [-0.15, -0.1) is 5.10 Å². The highest BCUT2D eigenvalue weighted by Gasteiger charge is 2.17. The molecule has 0 N–H and O–H groups in total. The van der Waals surface area contributed by atoms with Gasteiger partial charge < -0.3 is 0 Å². The van der Waals surface area contributed by atoms with Crippen LogP contribution in [-0.4, -0.2) is 18.7 Å². The zero-order valence-electron chi connectivity index (χ0n) is 16.2. The third-order valence-electron chi connectivity index (χ3n) is 5.16. The van der Waals surface area contributed by atoms with Crippen molar-refractivity contribution >= 4 is 28.3 Å². The van der Waals surface area contributed by atoms with Crippen molar-refractivity contribution in [2.45, 2.75) is 13.1 Å². The highest BCUT2D eigenvalue weighted by Crippen LogP contribution is 2.14. The lowest BCUT2D eigenvalue weighted by Gasteiger charge is -2.09. The van der Waals surface area contributed by atoms with Crippen LogP contribution in [0.1, 0.15) is 11.1 Å². The van der Waals surface area contributed by atoms with Gasteiger partial charge >= 0.3 is 5.69 Å². The van der Waals surface area contributed by atoms with E-state index in [1.165, 1.54) is 25.8 Å². The van der Waals surface area contributed by atoms with Gasteiger partial charge in [0.1, 0.15) is 5.82 Å². The van der Waals surface area contributed by atoms with E-state index in [1.807, 2.05) is 6.07 Å². The lowest BCUT2D eigenvalue weighted by Crippen LogP contribution is -2.27. The zero-order chi connectivity index (χ0) is 21.5. The second kappa shape index (κ2) is 7.52. The van der Waals surface area contributed by atoms with Crippen molar-refractivity contribution in [2.24, 2.45) is 0 Å². The quantitative estimate of drug-likeness (QED) is 0.433. The van der Waals surface area contributed by atoms with Crippen LogP contribution in [0.2, 0.25) is 5.02 Å². The molecular weight excluding hydrogens is 419 g/mol. The average molecular weight is 435 g/mol. The van der Waals surface area contributed by atoms with E-state index in [9.17, 15) is 14.0 Å². The first-order valence-corrected chi connectivity index (χ1v) is 9.99. The molecule has 0 unspecified atom stereocenters. The van der Waals surface area contributed by atoms with Crippen LogP contribution in [0.25, 0.3) is 16.7 Å². The van der Waals surface area contributed by atoms with Gasteiger partial charge in [0.2, 0.25) is 5.78 Å². The van der Waals surface area contributed by atoms with Crippen LogP contribution in [0, 0.1) is 5.82 Å². The summed E-state index contributed by atoms with van der Waals surface area (Å²) in [4.78, 5) is 26.5. The Bertz CT molecular complexity index is 1550. The molecule has 31 heavy (non-hydrogen) atoms. The summed E-state index contributed by atoms with van der Waals surface area (Å²) in [5, 5.41) is 5.44. The van der Waals surface area contributed by atoms with Crippen LogP contribution in [0.4, 0.5) is 4.39 Å². The molecule has 5 aromatic rings. The predicted octanol–water partition coefficient (Wildman–Crippen LogP) is 3.70. The first-order chi connectivity index (χ1) is 15.0. The van der Waals surface area contributed by atoms with E-state index in [2.05, 4.69) is 5.10 Å². The fourth-order valence-electron chi connectivity index (χ4n) is 3.69. The van der Waals surface area contributed by atoms with Crippen molar-refractivity contribution < 1.29 is 4.39 Å². The van der Waals surface area contributed by atoms with Gasteiger partial charge in [0.15, 0.2) is 0 Å². The molecule has 8 heteroatoms. The van der Waals surface area contributed by atoms with Crippen LogP contribution in [-0.2, 0) is 13.1 Å². The van der Waals surface area contributed by atoms with Gasteiger partial charge in [-0.25, -0.2) is 18.3 Å². The molecule has 0 saturated heterocycles. The van der Waals surface area contributed by atoms with Crippen molar-refractivity contribution in [3.05, 3.63) is 116 Å². The number of halogens is 2. The summed E-state index contributed by atoms with van der Waals surface area (Å²) >= 11 is 6.07. The van der Waals surface area contributed by atoms with Crippen molar-refractivity contribution in [2.75, 3.05) is 0 Å². The van der Waals surface area contributed by atoms with Crippen LogP contribution in [0.5, 0.6) is 0 Å². The number of aromatic nitrogens is 4. The Kier molecular flexibility index (Phi) is 4.67. The second-order valence-corrected chi connectivity index (χ2v) is 7.68. The van der Waals surface area contributed by atoms with Gasteiger partial charge in [0.25, 0.3) is 5.56 Å². The summed E-state index contributed by atoms with van der Waals surface area (Å²) in [5.74, 6) is -0.137. The summed E-state index contributed by atoms with van der Waals surface area (Å²) in [6.45, 7) is 0.362. The maximum absolute atomic E-state index is 13.3. The predicted molar refractivity (Wildman–Crippen MR) is 117 cm³/mol. The molecule has 5 rings (SSSR count). The van der Waals surface area contributed by atoms with E-state index in [1.54, 1.807) is 54.6 Å². The SMILES string of the molecule is O=c1c2ccccc2n2c(=O)n(Cc3cccc(Cl)c3)nc2n1Cc1ccc(F)cc1. The summed E-state index contributed by atoms with van der Waals surface area (Å²) in [7, 11) is 0. The largest absolute Gasteiger partial charge is 0.352 e. The molecule has 3 aromatic carbocycles. The smallest absolute Gasteiger partial charge is 0.272 e. The molecule has 2 aromatic heterocycles. The Morgan fingerprint density at radius 2 is 1.65 bits per heavy atom. The first-order valence-electron chi connectivity index (χ1n) is 9.61. The summed E-state index contributed by atoms with van der Waals surface area (Å²) in [6.07, 6.45) is 0. The lowest BCUT2D eigenvalue weighted by atomic mass is 10.2. The molecule has 0 spiro atoms. The number of hydrogen-bond acceptors (Lipinski definition) is 3. The topological polar surface area (TPSA) is 61.3 Å². The molecule has 6 nitrogen and oxygen atoms in total. The molecule has 0 atom stereocenters. The minimum Gasteiger partial charge on any atom is -0.272 e. The maximum Gasteiger partial charge on any atom is 0.352 e. The minimum atomic E-state index is -0.362. The van der Waals surface area contributed by atoms with Gasteiger partial charge in [0.05, 0.1) is 24.0 Å². The van der Waals surface area contributed by atoms with E-state index < -0.39 is 0 Å². The fraction of sp³-hybridized carbons (Fsp3) is 0.0870. The lowest BCUT2D eigenvalue weighted by molar-refractivity contribution is 0.626. The third kappa shape index (κ3) is 3.43. The molecule has 0 aliphatic rings. The Balaban J connectivity index is 1.75. The van der Waals surface area contributed by atoms with E-state index in [4.69, 9.17) is 11.6 Å². The van der Waals surface area contributed by atoms with Gasteiger partial charge in [-0.05, 0) is 47.5 Å². The highest BCUT2D eigenvalue weighted by molar-refractivity contribution is 6.30. The summed E-state index contributed by atoms with van der Waals surface area (Å²) in [5.41, 5.74) is 1.39. The van der Waals surface area contributed by atoms with Crippen molar-refractivity contribution in [3.8, 4) is 0 Å². The minimum absolute atomic E-state index is 0.154. The molecule has 0 aliphatic heterocycles. The molecule has 0 aliphatic carbocycles. The number of benzene rings is 3. The summed E-state index contributed by atoms with van der Waals surface area (Å²) < 4.78 is 17.5. The molecule has 0 bridgehead atoms. The number of nitrogens with zero attached hydrogens (tertiary/aromatic N) is 4. The first kappa shape index (κ1) is 19.3. The van der Waals surface area contributed by atoms with Gasteiger partial charge in [0, 0.05) is 5.02 Å². The highest BCUT2D eigenvalue weighted by atomic mass is 35.5. The van der Waals surface area contributed by atoms with Crippen LogP contribution >= 0.6 is 11.6 Å². The Morgan fingerprint density at radius 3 is 2.42 bits per heavy atom. The van der Waals surface area contributed by atoms with Gasteiger partial charge in [-0.3, -0.25) is 9.36 Å². The van der Waals surface area contributed by atoms with E-state index >= 15 is 0 Å². The van der Waals surface area contributed by atoms with Crippen LogP contribution in [0.3, 0.4) is 0 Å². The van der Waals surface area contributed by atoms with Crippen LogP contribution in [0.15, 0.2) is 82.4 Å². The van der Waals surface area contributed by atoms with E-state index in [-0.39, 0.29) is 35.9 Å². The Morgan fingerprint density at radius 1 is 0.871 bits per heavy atom. The molecule has 0 fully saturated rings. The molecule has 0 radical (unpaired) electrons. The molecular formula is C23H16ClFN4O2. The Labute approximate surface area is 180 Å². The standard InChI is InChI=1S/C23H16ClFN4O2/c24-17-5-3-4-16(12-17)14-28-23(31)29-20-7-2-1-6-19(20)21(30)27(22(29)26-28)13-15-8-10-18(25)11-9-15/h1-12H,13-14H2. The normalized spacial score (nSPS) is 11.4. The fourth-order valence-corrected chi connectivity index (χ4v) is 3.91. The monoisotopic (exact) mass is 434 g/mol. The molecule has 154 valence electrons. The third-order valence-corrected chi connectivity index (χ3v) is 5.39. The average Bonchev–Trinajstić information content (AvgIpc) is 3.08. The molecule has 2 heterocycles. The number of hydrogen-bond donors (Lipinski definition) is 0. The van der Waals surface area contributed by atoms with E-state index in [0.29, 0.717) is 15.9 Å². The van der Waals surface area contributed by atoms with Gasteiger partial charge in [-0.1, -0.05) is 48.0 Å². The van der Waals surface area contributed by atoms with Crippen molar-refractivity contribution in [1.82, 2.24) is 18.7 Å². The Hall–Kier alpha value is -3.71. The maximum atomic E-state index is 13.3. The van der Waals surface area contributed by atoms with E-state index in [0.717, 1.165) is 11.1 Å². The zero-order valence-corrected chi connectivity index (χ0v) is 17.0. The number of para-hydroxylation sites is 1. The van der Waals surface area contributed by atoms with Crippen molar-refractivity contribution in [1.29, 1.82) is 0 Å².